The minimum Gasteiger partial charge on any atom is -0.465 e. The Morgan fingerprint density at radius 1 is 1.03 bits per heavy atom. The normalized spacial score (nSPS) is 16.3. The molecule has 0 saturated heterocycles. The van der Waals surface area contributed by atoms with Gasteiger partial charge in [0.15, 0.2) is 0 Å². The molecular formula is C22H22N2O5. The van der Waals surface area contributed by atoms with Crippen molar-refractivity contribution >= 4 is 23.7 Å². The quantitative estimate of drug-likeness (QED) is 0.788. The number of urea groups is 1. The second-order valence-electron chi connectivity index (χ2n) is 6.40. The van der Waals surface area contributed by atoms with E-state index in [1.165, 1.54) is 12.0 Å². The Kier molecular flexibility index (Phi) is 5.97. The van der Waals surface area contributed by atoms with E-state index >= 15 is 0 Å². The first-order valence-corrected chi connectivity index (χ1v) is 9.17. The van der Waals surface area contributed by atoms with E-state index in [0.717, 1.165) is 5.56 Å². The fourth-order valence-electron chi connectivity index (χ4n) is 3.26. The van der Waals surface area contributed by atoms with Gasteiger partial charge in [0, 0.05) is 7.05 Å². The molecule has 1 unspecified atom stereocenters. The Balaban J connectivity index is 2.16. The summed E-state index contributed by atoms with van der Waals surface area (Å²) < 4.78 is 10.0. The molecule has 1 aliphatic rings. The Morgan fingerprint density at radius 2 is 1.69 bits per heavy atom. The number of carbonyl (C=O) groups excluding carboxylic acids is 3. The minimum atomic E-state index is -0.723. The van der Waals surface area contributed by atoms with Crippen LogP contribution in [0.25, 0.3) is 5.70 Å². The van der Waals surface area contributed by atoms with E-state index < -0.39 is 18.0 Å². The van der Waals surface area contributed by atoms with Crippen LogP contribution < -0.4 is 5.32 Å². The van der Waals surface area contributed by atoms with Gasteiger partial charge in [0.05, 0.1) is 36.6 Å². The van der Waals surface area contributed by atoms with Crippen molar-refractivity contribution in [3.05, 3.63) is 76.9 Å². The molecule has 0 bridgehead atoms. The Morgan fingerprint density at radius 3 is 2.28 bits per heavy atom. The summed E-state index contributed by atoms with van der Waals surface area (Å²) >= 11 is 0. The van der Waals surface area contributed by atoms with Crippen molar-refractivity contribution in [1.29, 1.82) is 0 Å². The van der Waals surface area contributed by atoms with Gasteiger partial charge in [0.1, 0.15) is 0 Å². The highest BCUT2D eigenvalue weighted by molar-refractivity contribution is 6.04. The molecule has 2 aromatic carbocycles. The lowest BCUT2D eigenvalue weighted by molar-refractivity contribution is -0.138. The molecular weight excluding hydrogens is 372 g/mol. The van der Waals surface area contributed by atoms with Crippen LogP contribution in [0.2, 0.25) is 0 Å². The molecule has 0 aliphatic carbocycles. The van der Waals surface area contributed by atoms with Crippen LogP contribution in [0.3, 0.4) is 0 Å². The number of nitrogens with one attached hydrogen (secondary N) is 1. The molecule has 0 spiro atoms. The summed E-state index contributed by atoms with van der Waals surface area (Å²) in [6.45, 7) is 1.93. The van der Waals surface area contributed by atoms with Gasteiger partial charge in [-0.2, -0.15) is 0 Å². The first kappa shape index (κ1) is 20.1. The molecule has 1 N–H and O–H groups in total. The molecule has 0 fully saturated rings. The molecule has 7 heteroatoms. The summed E-state index contributed by atoms with van der Waals surface area (Å²) in [6, 6.07) is 14.7. The second kappa shape index (κ2) is 8.60. The summed E-state index contributed by atoms with van der Waals surface area (Å²) in [4.78, 5) is 38.7. The first-order valence-electron chi connectivity index (χ1n) is 9.17. The Labute approximate surface area is 168 Å². The number of carbonyl (C=O) groups is 3. The zero-order chi connectivity index (χ0) is 21.0. The third kappa shape index (κ3) is 3.99. The van der Waals surface area contributed by atoms with E-state index in [4.69, 9.17) is 9.47 Å². The molecule has 2 aromatic rings. The van der Waals surface area contributed by atoms with Gasteiger partial charge in [0.25, 0.3) is 0 Å². The second-order valence-corrected chi connectivity index (χ2v) is 6.40. The average molecular weight is 394 g/mol. The topological polar surface area (TPSA) is 84.9 Å². The number of benzene rings is 2. The molecule has 7 nitrogen and oxygen atoms in total. The molecule has 0 saturated carbocycles. The smallest absolute Gasteiger partial charge is 0.338 e. The highest BCUT2D eigenvalue weighted by Crippen LogP contribution is 2.35. The zero-order valence-corrected chi connectivity index (χ0v) is 16.5. The average Bonchev–Trinajstić information content (AvgIpc) is 2.75. The summed E-state index contributed by atoms with van der Waals surface area (Å²) in [5.41, 5.74) is 2.56. The van der Waals surface area contributed by atoms with E-state index in [9.17, 15) is 14.4 Å². The zero-order valence-electron chi connectivity index (χ0n) is 16.5. The maximum absolute atomic E-state index is 12.9. The van der Waals surface area contributed by atoms with Gasteiger partial charge in [-0.05, 0) is 30.2 Å². The summed E-state index contributed by atoms with van der Waals surface area (Å²) in [7, 11) is 2.91. The van der Waals surface area contributed by atoms with Gasteiger partial charge in [0.2, 0.25) is 0 Å². The third-order valence-corrected chi connectivity index (χ3v) is 4.66. The minimum absolute atomic E-state index is 0.204. The molecule has 1 atom stereocenters. The largest absolute Gasteiger partial charge is 0.465 e. The van der Waals surface area contributed by atoms with Crippen molar-refractivity contribution < 1.29 is 23.9 Å². The van der Waals surface area contributed by atoms with E-state index in [2.05, 4.69) is 5.32 Å². The fourth-order valence-corrected chi connectivity index (χ4v) is 3.26. The highest BCUT2D eigenvalue weighted by atomic mass is 16.5. The van der Waals surface area contributed by atoms with Gasteiger partial charge in [-0.25, -0.2) is 14.4 Å². The number of ether oxygens (including phenoxy) is 2. The Bertz CT molecular complexity index is 951. The van der Waals surface area contributed by atoms with Gasteiger partial charge in [-0.15, -0.1) is 0 Å². The van der Waals surface area contributed by atoms with Crippen molar-refractivity contribution in [2.24, 2.45) is 0 Å². The van der Waals surface area contributed by atoms with Gasteiger partial charge < -0.3 is 14.8 Å². The van der Waals surface area contributed by atoms with Crippen molar-refractivity contribution in [2.45, 2.75) is 13.0 Å². The molecule has 150 valence electrons. The van der Waals surface area contributed by atoms with E-state index in [0.29, 0.717) is 22.4 Å². The van der Waals surface area contributed by atoms with Crippen LogP contribution in [0.5, 0.6) is 0 Å². The van der Waals surface area contributed by atoms with Crippen molar-refractivity contribution in [2.75, 3.05) is 20.8 Å². The lowest BCUT2D eigenvalue weighted by Crippen LogP contribution is -2.46. The summed E-state index contributed by atoms with van der Waals surface area (Å²) in [5.74, 6) is -0.977. The van der Waals surface area contributed by atoms with Crippen molar-refractivity contribution in [3.8, 4) is 0 Å². The SMILES string of the molecule is CCOC(=O)C1=C(c2ccccc2)N(C)C(=O)NC1c1ccc(C(=O)OC)cc1. The van der Waals surface area contributed by atoms with Gasteiger partial charge in [-0.1, -0.05) is 42.5 Å². The molecule has 0 aromatic heterocycles. The summed E-state index contributed by atoms with van der Waals surface area (Å²) in [5, 5.41) is 2.85. The van der Waals surface area contributed by atoms with Crippen LogP contribution in [0, 0.1) is 0 Å². The molecule has 0 radical (unpaired) electrons. The van der Waals surface area contributed by atoms with Crippen LogP contribution in [0.15, 0.2) is 60.2 Å². The van der Waals surface area contributed by atoms with Crippen LogP contribution in [0.4, 0.5) is 4.79 Å². The third-order valence-electron chi connectivity index (χ3n) is 4.66. The maximum atomic E-state index is 12.9. The first-order chi connectivity index (χ1) is 14.0. The molecule has 2 amide bonds. The lowest BCUT2D eigenvalue weighted by Gasteiger charge is -2.34. The Hall–Kier alpha value is -3.61. The van der Waals surface area contributed by atoms with E-state index in [-0.39, 0.29) is 12.6 Å². The van der Waals surface area contributed by atoms with Gasteiger partial charge in [-0.3, -0.25) is 4.90 Å². The van der Waals surface area contributed by atoms with Crippen molar-refractivity contribution in [1.82, 2.24) is 10.2 Å². The van der Waals surface area contributed by atoms with E-state index in [1.54, 1.807) is 38.2 Å². The predicted octanol–water partition coefficient (Wildman–Crippen LogP) is 3.14. The fraction of sp³-hybridized carbons (Fsp3) is 0.227. The standard InChI is InChI=1S/C22H22N2O5/c1-4-29-21(26)17-18(14-10-12-16(13-11-14)20(25)28-3)23-22(27)24(2)19(17)15-8-6-5-7-9-15/h5-13,18H,4H2,1-3H3,(H,23,27). The number of amides is 2. The molecule has 1 heterocycles. The lowest BCUT2D eigenvalue weighted by atomic mass is 9.91. The maximum Gasteiger partial charge on any atom is 0.338 e. The van der Waals surface area contributed by atoms with Crippen LogP contribution >= 0.6 is 0 Å². The molecule has 29 heavy (non-hydrogen) atoms. The molecule has 1 aliphatic heterocycles. The monoisotopic (exact) mass is 394 g/mol. The van der Waals surface area contributed by atoms with E-state index in [1.807, 2.05) is 30.3 Å². The predicted molar refractivity (Wildman–Crippen MR) is 107 cm³/mol. The van der Waals surface area contributed by atoms with Crippen molar-refractivity contribution in [3.63, 3.8) is 0 Å². The molecule has 3 rings (SSSR count). The highest BCUT2D eigenvalue weighted by Gasteiger charge is 2.37. The number of nitrogens with zero attached hydrogens (tertiary/aromatic N) is 1. The number of esters is 2. The van der Waals surface area contributed by atoms with Crippen LogP contribution in [0.1, 0.15) is 34.5 Å². The van der Waals surface area contributed by atoms with Crippen LogP contribution in [-0.2, 0) is 14.3 Å². The van der Waals surface area contributed by atoms with Gasteiger partial charge >= 0.3 is 18.0 Å². The number of rotatable bonds is 5. The number of methoxy groups -OCH3 is 1. The number of hydrogen-bond donors (Lipinski definition) is 1. The van der Waals surface area contributed by atoms with Crippen LogP contribution in [-0.4, -0.2) is 43.6 Å². The summed E-state index contributed by atoms with van der Waals surface area (Å²) in [6.07, 6.45) is 0. The number of hydrogen-bond acceptors (Lipinski definition) is 5.